The lowest BCUT2D eigenvalue weighted by atomic mass is 9.85. The van der Waals surface area contributed by atoms with Crippen molar-refractivity contribution in [1.82, 2.24) is 9.80 Å². The third-order valence-electron chi connectivity index (χ3n) is 4.51. The van der Waals surface area contributed by atoms with Gasteiger partial charge in [0.15, 0.2) is 0 Å². The van der Waals surface area contributed by atoms with Crippen LogP contribution >= 0.6 is 0 Å². The number of hydrogen-bond acceptors (Lipinski definition) is 3. The third kappa shape index (κ3) is 4.44. The molecule has 2 rings (SSSR count). The van der Waals surface area contributed by atoms with Crippen LogP contribution in [0.25, 0.3) is 0 Å². The van der Waals surface area contributed by atoms with E-state index in [1.54, 1.807) is 5.57 Å². The Balaban J connectivity index is 1.73. The summed E-state index contributed by atoms with van der Waals surface area (Å²) in [6, 6.07) is 0. The van der Waals surface area contributed by atoms with Crippen LogP contribution in [0.1, 0.15) is 26.2 Å². The van der Waals surface area contributed by atoms with Gasteiger partial charge in [-0.2, -0.15) is 0 Å². The largest absolute Gasteiger partial charge is 0.395 e. The van der Waals surface area contributed by atoms with Gasteiger partial charge in [-0.05, 0) is 32.1 Å². The zero-order chi connectivity index (χ0) is 13.7. The molecule has 0 amide bonds. The molecule has 0 aromatic rings. The van der Waals surface area contributed by atoms with Crippen molar-refractivity contribution in [3.05, 3.63) is 23.8 Å². The van der Waals surface area contributed by atoms with E-state index in [1.165, 1.54) is 24.8 Å². The van der Waals surface area contributed by atoms with Gasteiger partial charge in [-0.15, -0.1) is 0 Å². The van der Waals surface area contributed by atoms with E-state index in [0.717, 1.165) is 39.3 Å². The monoisotopic (exact) mass is 264 g/mol. The van der Waals surface area contributed by atoms with Gasteiger partial charge in [-0.3, -0.25) is 9.80 Å². The normalized spacial score (nSPS) is 26.2. The van der Waals surface area contributed by atoms with Crippen LogP contribution in [0, 0.1) is 5.92 Å². The number of aliphatic hydroxyl groups excluding tert-OH is 1. The lowest BCUT2D eigenvalue weighted by Gasteiger charge is -2.35. The fraction of sp³-hybridized carbons (Fsp3) is 0.750. The van der Waals surface area contributed by atoms with E-state index < -0.39 is 0 Å². The SMILES string of the molecule is C=C(C)[C@H]1CC=C(CN2CCN(CCO)CC2)CC1. The second kappa shape index (κ2) is 7.22. The highest BCUT2D eigenvalue weighted by molar-refractivity contribution is 5.13. The first kappa shape index (κ1) is 14.8. The molecule has 1 saturated heterocycles. The van der Waals surface area contributed by atoms with Gasteiger partial charge < -0.3 is 5.11 Å². The molecule has 0 bridgehead atoms. The lowest BCUT2D eigenvalue weighted by Crippen LogP contribution is -2.47. The molecule has 0 aromatic heterocycles. The molecule has 3 heteroatoms. The van der Waals surface area contributed by atoms with Crippen molar-refractivity contribution in [3.8, 4) is 0 Å². The maximum atomic E-state index is 8.94. The van der Waals surface area contributed by atoms with Crippen LogP contribution in [0.5, 0.6) is 0 Å². The van der Waals surface area contributed by atoms with Crippen LogP contribution in [0.4, 0.5) is 0 Å². The van der Waals surface area contributed by atoms with Crippen LogP contribution < -0.4 is 0 Å². The average molecular weight is 264 g/mol. The standard InChI is InChI=1S/C16H28N2O/c1-14(2)16-5-3-15(4-6-16)13-18-9-7-17(8-10-18)11-12-19/h3,16,19H,1,4-13H2,2H3/t16-/m0/s1. The number of aliphatic hydroxyl groups is 1. The minimum Gasteiger partial charge on any atom is -0.395 e. The Labute approximate surface area is 117 Å². The van der Waals surface area contributed by atoms with Gasteiger partial charge >= 0.3 is 0 Å². The first-order valence-corrected chi connectivity index (χ1v) is 7.58. The molecular weight excluding hydrogens is 236 g/mol. The topological polar surface area (TPSA) is 26.7 Å². The van der Waals surface area contributed by atoms with Crippen molar-refractivity contribution in [1.29, 1.82) is 0 Å². The Morgan fingerprint density at radius 2 is 2.00 bits per heavy atom. The summed E-state index contributed by atoms with van der Waals surface area (Å²) in [5.74, 6) is 0.713. The molecule has 1 fully saturated rings. The van der Waals surface area contributed by atoms with Crippen molar-refractivity contribution < 1.29 is 5.11 Å². The van der Waals surface area contributed by atoms with E-state index in [2.05, 4.69) is 29.4 Å². The van der Waals surface area contributed by atoms with Gasteiger partial charge in [-0.25, -0.2) is 0 Å². The molecule has 108 valence electrons. The highest BCUT2D eigenvalue weighted by Crippen LogP contribution is 2.28. The lowest BCUT2D eigenvalue weighted by molar-refractivity contribution is 0.117. The number of hydrogen-bond donors (Lipinski definition) is 1. The Hall–Kier alpha value is -0.640. The summed E-state index contributed by atoms with van der Waals surface area (Å²) in [6.07, 6.45) is 6.16. The van der Waals surface area contributed by atoms with Gasteiger partial charge in [0.25, 0.3) is 0 Å². The number of piperazine rings is 1. The van der Waals surface area contributed by atoms with E-state index >= 15 is 0 Å². The smallest absolute Gasteiger partial charge is 0.0558 e. The Bertz CT molecular complexity index is 330. The van der Waals surface area contributed by atoms with Crippen LogP contribution in [0.15, 0.2) is 23.8 Å². The fourth-order valence-electron chi connectivity index (χ4n) is 3.08. The molecule has 1 atom stereocenters. The molecule has 1 N–H and O–H groups in total. The Morgan fingerprint density at radius 3 is 2.53 bits per heavy atom. The molecule has 2 aliphatic rings. The van der Waals surface area contributed by atoms with Crippen molar-refractivity contribution >= 4 is 0 Å². The molecule has 1 aliphatic heterocycles. The van der Waals surface area contributed by atoms with Crippen molar-refractivity contribution in [2.45, 2.75) is 26.2 Å². The molecule has 1 heterocycles. The predicted molar refractivity (Wildman–Crippen MR) is 80.2 cm³/mol. The first-order chi connectivity index (χ1) is 9.19. The minimum absolute atomic E-state index is 0.285. The van der Waals surface area contributed by atoms with Crippen LogP contribution in [-0.4, -0.2) is 60.8 Å². The van der Waals surface area contributed by atoms with Crippen LogP contribution in [-0.2, 0) is 0 Å². The maximum absolute atomic E-state index is 8.94. The minimum atomic E-state index is 0.285. The number of rotatable bonds is 5. The molecule has 0 unspecified atom stereocenters. The van der Waals surface area contributed by atoms with Crippen molar-refractivity contribution in [2.75, 3.05) is 45.9 Å². The van der Waals surface area contributed by atoms with E-state index in [4.69, 9.17) is 5.11 Å². The quantitative estimate of drug-likeness (QED) is 0.768. The Kier molecular flexibility index (Phi) is 5.61. The number of β-amino-alcohol motifs (C(OH)–C–C–N with tert-alkyl or cyclic N) is 1. The van der Waals surface area contributed by atoms with Gasteiger partial charge in [0.1, 0.15) is 0 Å². The van der Waals surface area contributed by atoms with E-state index in [0.29, 0.717) is 5.92 Å². The van der Waals surface area contributed by atoms with Gasteiger partial charge in [0.2, 0.25) is 0 Å². The number of nitrogens with zero attached hydrogens (tertiary/aromatic N) is 2. The molecular formula is C16H28N2O. The van der Waals surface area contributed by atoms with Crippen molar-refractivity contribution in [2.24, 2.45) is 5.92 Å². The highest BCUT2D eigenvalue weighted by atomic mass is 16.3. The first-order valence-electron chi connectivity index (χ1n) is 7.58. The summed E-state index contributed by atoms with van der Waals surface area (Å²) in [5, 5.41) is 8.94. The predicted octanol–water partition coefficient (Wildman–Crippen LogP) is 1.90. The van der Waals surface area contributed by atoms with E-state index in [-0.39, 0.29) is 6.61 Å². The summed E-state index contributed by atoms with van der Waals surface area (Å²) in [4.78, 5) is 4.91. The molecule has 0 radical (unpaired) electrons. The van der Waals surface area contributed by atoms with Crippen LogP contribution in [0.3, 0.4) is 0 Å². The summed E-state index contributed by atoms with van der Waals surface area (Å²) >= 11 is 0. The van der Waals surface area contributed by atoms with Crippen LogP contribution in [0.2, 0.25) is 0 Å². The van der Waals surface area contributed by atoms with Gasteiger partial charge in [0.05, 0.1) is 6.61 Å². The second-order valence-electron chi connectivity index (χ2n) is 6.02. The fourth-order valence-corrected chi connectivity index (χ4v) is 3.08. The highest BCUT2D eigenvalue weighted by Gasteiger charge is 2.19. The summed E-state index contributed by atoms with van der Waals surface area (Å²) in [7, 11) is 0. The van der Waals surface area contributed by atoms with Crippen molar-refractivity contribution in [3.63, 3.8) is 0 Å². The summed E-state index contributed by atoms with van der Waals surface area (Å²) in [6.45, 7) is 13.0. The molecule has 0 saturated carbocycles. The van der Waals surface area contributed by atoms with E-state index in [9.17, 15) is 0 Å². The maximum Gasteiger partial charge on any atom is 0.0558 e. The van der Waals surface area contributed by atoms with Gasteiger partial charge in [0, 0.05) is 39.3 Å². The zero-order valence-electron chi connectivity index (χ0n) is 12.3. The molecule has 3 nitrogen and oxygen atoms in total. The second-order valence-corrected chi connectivity index (χ2v) is 6.02. The zero-order valence-corrected chi connectivity index (χ0v) is 12.3. The summed E-state index contributed by atoms with van der Waals surface area (Å²) < 4.78 is 0. The molecule has 0 spiro atoms. The summed E-state index contributed by atoms with van der Waals surface area (Å²) in [5.41, 5.74) is 2.96. The molecule has 0 aromatic carbocycles. The van der Waals surface area contributed by atoms with Gasteiger partial charge in [-0.1, -0.05) is 23.8 Å². The molecule has 19 heavy (non-hydrogen) atoms. The van der Waals surface area contributed by atoms with E-state index in [1.807, 2.05) is 0 Å². The third-order valence-corrected chi connectivity index (χ3v) is 4.51. The average Bonchev–Trinajstić information content (AvgIpc) is 2.42. The molecule has 1 aliphatic carbocycles. The number of allylic oxidation sites excluding steroid dienone is 2. The Morgan fingerprint density at radius 1 is 1.32 bits per heavy atom.